The molecular formula is C14H13ClO2. The molecule has 0 radical (unpaired) electrons. The van der Waals surface area contributed by atoms with Crippen LogP contribution in [0.5, 0.6) is 5.75 Å². The molecule has 3 rings (SSSR count). The Labute approximate surface area is 105 Å². The molecule has 0 bridgehead atoms. The maximum Gasteiger partial charge on any atom is 0.137 e. The molecule has 1 saturated carbocycles. The van der Waals surface area contributed by atoms with Crippen LogP contribution in [0.1, 0.15) is 12.8 Å². The molecule has 3 heteroatoms. The number of hydrogen-bond acceptors (Lipinski definition) is 2. The summed E-state index contributed by atoms with van der Waals surface area (Å²) in [6.45, 7) is 0.778. The van der Waals surface area contributed by atoms with Crippen LogP contribution in [0.2, 0.25) is 5.02 Å². The first kappa shape index (κ1) is 10.7. The van der Waals surface area contributed by atoms with Crippen molar-refractivity contribution >= 4 is 11.6 Å². The first-order valence-electron chi connectivity index (χ1n) is 5.79. The van der Waals surface area contributed by atoms with Gasteiger partial charge in [-0.1, -0.05) is 11.6 Å². The van der Waals surface area contributed by atoms with Crippen LogP contribution in [-0.4, -0.2) is 6.61 Å². The molecule has 0 atom stereocenters. The van der Waals surface area contributed by atoms with E-state index in [1.807, 2.05) is 30.3 Å². The molecule has 2 nitrogen and oxygen atoms in total. The average molecular weight is 249 g/mol. The number of rotatable bonds is 4. The molecule has 1 aliphatic rings. The van der Waals surface area contributed by atoms with E-state index in [1.165, 1.54) is 12.8 Å². The van der Waals surface area contributed by atoms with Gasteiger partial charge in [-0.3, -0.25) is 0 Å². The largest absolute Gasteiger partial charge is 0.492 e. The van der Waals surface area contributed by atoms with E-state index in [0.29, 0.717) is 5.02 Å². The van der Waals surface area contributed by atoms with Crippen molar-refractivity contribution in [2.75, 3.05) is 6.61 Å². The van der Waals surface area contributed by atoms with Crippen LogP contribution in [0.3, 0.4) is 0 Å². The average Bonchev–Trinajstić information content (AvgIpc) is 3.00. The molecule has 1 aromatic carbocycles. The number of benzene rings is 1. The van der Waals surface area contributed by atoms with E-state index < -0.39 is 0 Å². The van der Waals surface area contributed by atoms with Gasteiger partial charge in [0.05, 0.1) is 17.9 Å². The normalized spacial score (nSPS) is 14.9. The highest BCUT2D eigenvalue weighted by molar-refractivity contribution is 6.32. The fourth-order valence-electron chi connectivity index (χ4n) is 1.71. The zero-order valence-electron chi connectivity index (χ0n) is 9.36. The predicted octanol–water partition coefficient (Wildman–Crippen LogP) is 4.39. The second-order valence-electron chi connectivity index (χ2n) is 4.38. The Bertz CT molecular complexity index is 501. The minimum absolute atomic E-state index is 0.638. The van der Waals surface area contributed by atoms with Gasteiger partial charge in [0.15, 0.2) is 0 Å². The molecule has 1 heterocycles. The summed E-state index contributed by atoms with van der Waals surface area (Å²) in [7, 11) is 0. The number of hydrogen-bond donors (Lipinski definition) is 0. The van der Waals surface area contributed by atoms with Crippen LogP contribution in [-0.2, 0) is 0 Å². The van der Waals surface area contributed by atoms with Crippen LogP contribution in [0.15, 0.2) is 41.0 Å². The molecule has 0 unspecified atom stereocenters. The highest BCUT2D eigenvalue weighted by Gasteiger charge is 2.22. The Hall–Kier alpha value is -1.41. The van der Waals surface area contributed by atoms with Crippen LogP contribution in [0.25, 0.3) is 11.3 Å². The van der Waals surface area contributed by atoms with E-state index in [2.05, 4.69) is 0 Å². The topological polar surface area (TPSA) is 22.4 Å². The van der Waals surface area contributed by atoms with Crippen molar-refractivity contribution in [3.63, 3.8) is 0 Å². The monoisotopic (exact) mass is 248 g/mol. The zero-order valence-corrected chi connectivity index (χ0v) is 10.1. The van der Waals surface area contributed by atoms with E-state index in [-0.39, 0.29) is 0 Å². The van der Waals surface area contributed by atoms with Crippen molar-refractivity contribution in [1.29, 1.82) is 0 Å². The van der Waals surface area contributed by atoms with Crippen LogP contribution in [0, 0.1) is 5.92 Å². The molecule has 0 aliphatic heterocycles. The summed E-state index contributed by atoms with van der Waals surface area (Å²) in [5.41, 5.74) is 0.971. The summed E-state index contributed by atoms with van der Waals surface area (Å²) in [6, 6.07) is 9.52. The minimum Gasteiger partial charge on any atom is -0.492 e. The van der Waals surface area contributed by atoms with Gasteiger partial charge in [-0.25, -0.2) is 0 Å². The third-order valence-electron chi connectivity index (χ3n) is 2.91. The predicted molar refractivity (Wildman–Crippen MR) is 67.4 cm³/mol. The minimum atomic E-state index is 0.638. The highest BCUT2D eigenvalue weighted by Crippen LogP contribution is 2.33. The lowest BCUT2D eigenvalue weighted by molar-refractivity contribution is 0.300. The zero-order chi connectivity index (χ0) is 11.7. The molecule has 0 amide bonds. The molecule has 1 fully saturated rings. The lowest BCUT2D eigenvalue weighted by Gasteiger charge is -2.08. The quantitative estimate of drug-likeness (QED) is 0.801. The van der Waals surface area contributed by atoms with Crippen molar-refractivity contribution in [2.45, 2.75) is 12.8 Å². The molecule has 2 aromatic rings. The van der Waals surface area contributed by atoms with Crippen molar-refractivity contribution in [3.8, 4) is 17.1 Å². The number of ether oxygens (including phenoxy) is 1. The molecule has 0 spiro atoms. The van der Waals surface area contributed by atoms with Crippen molar-refractivity contribution in [3.05, 3.63) is 41.6 Å². The van der Waals surface area contributed by atoms with Gasteiger partial charge in [0.25, 0.3) is 0 Å². The Balaban J connectivity index is 1.78. The van der Waals surface area contributed by atoms with Crippen LogP contribution >= 0.6 is 11.6 Å². The molecule has 0 N–H and O–H groups in total. The summed E-state index contributed by atoms with van der Waals surface area (Å²) < 4.78 is 11.0. The highest BCUT2D eigenvalue weighted by atomic mass is 35.5. The van der Waals surface area contributed by atoms with Crippen molar-refractivity contribution in [2.24, 2.45) is 5.92 Å². The van der Waals surface area contributed by atoms with Gasteiger partial charge in [0, 0.05) is 5.56 Å². The smallest absolute Gasteiger partial charge is 0.137 e. The van der Waals surface area contributed by atoms with Gasteiger partial charge in [0.1, 0.15) is 11.5 Å². The van der Waals surface area contributed by atoms with Gasteiger partial charge in [-0.2, -0.15) is 0 Å². The molecular weight excluding hydrogens is 236 g/mol. The maximum atomic E-state index is 6.18. The summed E-state index contributed by atoms with van der Waals surface area (Å²) >= 11 is 6.18. The van der Waals surface area contributed by atoms with Crippen LogP contribution < -0.4 is 4.74 Å². The Morgan fingerprint density at radius 2 is 2.18 bits per heavy atom. The molecule has 1 aliphatic carbocycles. The van der Waals surface area contributed by atoms with Gasteiger partial charge in [0.2, 0.25) is 0 Å². The Kier molecular flexibility index (Phi) is 2.81. The van der Waals surface area contributed by atoms with Gasteiger partial charge in [-0.05, 0) is 49.1 Å². The summed E-state index contributed by atoms with van der Waals surface area (Å²) in [6.07, 6.45) is 4.21. The van der Waals surface area contributed by atoms with E-state index in [0.717, 1.165) is 29.6 Å². The first-order valence-corrected chi connectivity index (χ1v) is 6.17. The second-order valence-corrected chi connectivity index (χ2v) is 4.78. The molecule has 0 saturated heterocycles. The lowest BCUT2D eigenvalue weighted by Crippen LogP contribution is -1.99. The number of halogens is 1. The summed E-state index contributed by atoms with van der Waals surface area (Å²) in [4.78, 5) is 0. The SMILES string of the molecule is Clc1cc(-c2ccco2)ccc1OCC1CC1. The summed E-state index contributed by atoms with van der Waals surface area (Å²) in [5, 5.41) is 0.638. The second kappa shape index (κ2) is 4.46. The standard InChI is InChI=1S/C14H13ClO2/c15-12-8-11(13-2-1-7-16-13)5-6-14(12)17-9-10-3-4-10/h1-2,5-8,10H,3-4,9H2. The molecule has 88 valence electrons. The fourth-order valence-corrected chi connectivity index (χ4v) is 1.94. The van der Waals surface area contributed by atoms with Gasteiger partial charge in [-0.15, -0.1) is 0 Å². The van der Waals surface area contributed by atoms with Gasteiger partial charge < -0.3 is 9.15 Å². The fraction of sp³-hybridized carbons (Fsp3) is 0.286. The van der Waals surface area contributed by atoms with Gasteiger partial charge >= 0.3 is 0 Å². The lowest BCUT2D eigenvalue weighted by atomic mass is 10.1. The molecule has 1 aromatic heterocycles. The maximum absolute atomic E-state index is 6.18. The van der Waals surface area contributed by atoms with E-state index in [4.69, 9.17) is 20.8 Å². The third kappa shape index (κ3) is 2.47. The Morgan fingerprint density at radius 3 is 2.82 bits per heavy atom. The van der Waals surface area contributed by atoms with Crippen LogP contribution in [0.4, 0.5) is 0 Å². The Morgan fingerprint density at radius 1 is 1.29 bits per heavy atom. The molecule has 17 heavy (non-hydrogen) atoms. The first-order chi connectivity index (χ1) is 8.33. The van der Waals surface area contributed by atoms with Crippen molar-refractivity contribution < 1.29 is 9.15 Å². The third-order valence-corrected chi connectivity index (χ3v) is 3.20. The summed E-state index contributed by atoms with van der Waals surface area (Å²) in [5.74, 6) is 2.31. The number of furan rings is 1. The van der Waals surface area contributed by atoms with E-state index >= 15 is 0 Å². The van der Waals surface area contributed by atoms with Crippen molar-refractivity contribution in [1.82, 2.24) is 0 Å². The van der Waals surface area contributed by atoms with E-state index in [9.17, 15) is 0 Å². The van der Waals surface area contributed by atoms with E-state index in [1.54, 1.807) is 6.26 Å².